The van der Waals surface area contributed by atoms with E-state index >= 15 is 0 Å². The van der Waals surface area contributed by atoms with E-state index in [1.165, 1.54) is 15.6 Å². The summed E-state index contributed by atoms with van der Waals surface area (Å²) < 4.78 is 38.6. The van der Waals surface area contributed by atoms with Gasteiger partial charge in [0.2, 0.25) is 21.8 Å². The van der Waals surface area contributed by atoms with E-state index in [9.17, 15) is 13.2 Å². The van der Waals surface area contributed by atoms with Crippen LogP contribution in [0, 0.1) is 0 Å². The van der Waals surface area contributed by atoms with E-state index < -0.39 is 10.0 Å². The number of piperidine rings is 1. The number of rotatable bonds is 7. The Morgan fingerprint density at radius 3 is 2.74 bits per heavy atom. The summed E-state index contributed by atoms with van der Waals surface area (Å²) in [4.78, 5) is 13.0. The molecule has 3 aromatic rings. The lowest BCUT2D eigenvalue weighted by Crippen LogP contribution is -2.39. The smallest absolute Gasteiger partial charge is 0.286 e. The molecule has 9 nitrogen and oxygen atoms in total. The molecule has 11 heteroatoms. The second-order valence-corrected chi connectivity index (χ2v) is 11.5. The fourth-order valence-corrected chi connectivity index (χ4v) is 6.67. The standard InChI is InChI=1S/C24H26N4O5S2/c1-2-4-16-6-9-19(10-7-16)35(30,31)28-12-3-5-17(14-28)23-26-27-24(34-23)22(29)25-18-8-11-20-21(13-18)33-15-32-20/h6-11,13,17H,2-5,12,14-15H2,1H3,(H,25,29). The van der Waals surface area contributed by atoms with Crippen LogP contribution in [0.4, 0.5) is 5.69 Å². The van der Waals surface area contributed by atoms with E-state index in [4.69, 9.17) is 9.47 Å². The number of ether oxygens (including phenoxy) is 2. The van der Waals surface area contributed by atoms with Crippen molar-refractivity contribution >= 4 is 33.0 Å². The number of aromatic nitrogens is 2. The van der Waals surface area contributed by atoms with Crippen LogP contribution >= 0.6 is 11.3 Å². The van der Waals surface area contributed by atoms with Crippen molar-refractivity contribution in [2.75, 3.05) is 25.2 Å². The number of hydrogen-bond donors (Lipinski definition) is 1. The van der Waals surface area contributed by atoms with Gasteiger partial charge in [0.1, 0.15) is 5.01 Å². The molecule has 0 saturated carbocycles. The SMILES string of the molecule is CCCc1ccc(S(=O)(=O)N2CCCC(c3nnc(C(=O)Nc4ccc5c(c4)OCO5)s3)C2)cc1. The normalized spacial score (nSPS) is 17.9. The largest absolute Gasteiger partial charge is 0.454 e. The number of carbonyl (C=O) groups is 1. The average Bonchev–Trinajstić information content (AvgIpc) is 3.55. The average molecular weight is 515 g/mol. The van der Waals surface area contributed by atoms with E-state index in [2.05, 4.69) is 22.4 Å². The predicted octanol–water partition coefficient (Wildman–Crippen LogP) is 4.04. The molecule has 1 amide bonds. The highest BCUT2D eigenvalue weighted by atomic mass is 32.2. The molecule has 0 aliphatic carbocycles. The summed E-state index contributed by atoms with van der Waals surface area (Å²) in [7, 11) is -3.60. The second kappa shape index (κ2) is 9.92. The molecule has 1 unspecified atom stereocenters. The van der Waals surface area contributed by atoms with E-state index in [-0.39, 0.29) is 23.6 Å². The van der Waals surface area contributed by atoms with Crippen molar-refractivity contribution < 1.29 is 22.7 Å². The molecule has 1 saturated heterocycles. The molecule has 0 spiro atoms. The Morgan fingerprint density at radius 1 is 1.14 bits per heavy atom. The third-order valence-corrected chi connectivity index (χ3v) is 9.06. The number of sulfonamides is 1. The molecule has 2 aliphatic heterocycles. The molecule has 1 N–H and O–H groups in total. The Balaban J connectivity index is 1.26. The first-order chi connectivity index (χ1) is 16.9. The zero-order chi connectivity index (χ0) is 24.4. The highest BCUT2D eigenvalue weighted by molar-refractivity contribution is 7.89. The Hall–Kier alpha value is -3.02. The summed E-state index contributed by atoms with van der Waals surface area (Å²) in [6, 6.07) is 12.3. The van der Waals surface area contributed by atoms with Crippen LogP contribution in [0.25, 0.3) is 0 Å². The number of nitrogens with zero attached hydrogens (tertiary/aromatic N) is 3. The summed E-state index contributed by atoms with van der Waals surface area (Å²) in [6.07, 6.45) is 3.45. The minimum absolute atomic E-state index is 0.109. The van der Waals surface area contributed by atoms with Gasteiger partial charge in [-0.05, 0) is 49.1 Å². The molecule has 1 fully saturated rings. The molecule has 5 rings (SSSR count). The first-order valence-electron chi connectivity index (χ1n) is 11.6. The number of anilines is 1. The van der Waals surface area contributed by atoms with Gasteiger partial charge in [-0.15, -0.1) is 10.2 Å². The van der Waals surface area contributed by atoms with Crippen molar-refractivity contribution in [3.63, 3.8) is 0 Å². The molecule has 184 valence electrons. The summed E-state index contributed by atoms with van der Waals surface area (Å²) in [6.45, 7) is 3.03. The monoisotopic (exact) mass is 514 g/mol. The van der Waals surface area contributed by atoms with Crippen LogP contribution in [-0.2, 0) is 16.4 Å². The Kier molecular flexibility index (Phi) is 6.72. The van der Waals surface area contributed by atoms with Crippen molar-refractivity contribution in [3.8, 4) is 11.5 Å². The Labute approximate surface area is 208 Å². The van der Waals surface area contributed by atoms with Crippen LogP contribution in [0.5, 0.6) is 11.5 Å². The molecule has 2 aliphatic rings. The first-order valence-corrected chi connectivity index (χ1v) is 13.8. The lowest BCUT2D eigenvalue weighted by molar-refractivity contribution is 0.102. The van der Waals surface area contributed by atoms with E-state index in [1.54, 1.807) is 30.3 Å². The first kappa shape index (κ1) is 23.7. The van der Waals surface area contributed by atoms with Crippen LogP contribution in [-0.4, -0.2) is 48.7 Å². The second-order valence-electron chi connectivity index (χ2n) is 8.56. The van der Waals surface area contributed by atoms with Gasteiger partial charge in [-0.25, -0.2) is 8.42 Å². The minimum atomic E-state index is -3.60. The maximum atomic E-state index is 13.2. The maximum absolute atomic E-state index is 13.2. The molecule has 2 aromatic carbocycles. The van der Waals surface area contributed by atoms with Gasteiger partial charge in [0.25, 0.3) is 5.91 Å². The molecule has 35 heavy (non-hydrogen) atoms. The lowest BCUT2D eigenvalue weighted by atomic mass is 10.0. The quantitative estimate of drug-likeness (QED) is 0.507. The van der Waals surface area contributed by atoms with Crippen LogP contribution in [0.1, 0.15) is 52.5 Å². The van der Waals surface area contributed by atoms with Crippen LogP contribution in [0.2, 0.25) is 0 Å². The van der Waals surface area contributed by atoms with Gasteiger partial charge in [0, 0.05) is 30.8 Å². The van der Waals surface area contributed by atoms with E-state index in [0.29, 0.717) is 40.2 Å². The molecule has 1 atom stereocenters. The fourth-order valence-electron chi connectivity index (χ4n) is 4.28. The maximum Gasteiger partial charge on any atom is 0.286 e. The summed E-state index contributed by atoms with van der Waals surface area (Å²) in [5.74, 6) is 0.724. The zero-order valence-corrected chi connectivity index (χ0v) is 20.9. The molecule has 1 aromatic heterocycles. The lowest BCUT2D eigenvalue weighted by Gasteiger charge is -2.30. The van der Waals surface area contributed by atoms with Crippen LogP contribution in [0.3, 0.4) is 0 Å². The van der Waals surface area contributed by atoms with Gasteiger partial charge in [0.05, 0.1) is 4.90 Å². The summed E-state index contributed by atoms with van der Waals surface area (Å²) >= 11 is 1.20. The van der Waals surface area contributed by atoms with Crippen LogP contribution in [0.15, 0.2) is 47.4 Å². The topological polar surface area (TPSA) is 111 Å². The molecular weight excluding hydrogens is 488 g/mol. The highest BCUT2D eigenvalue weighted by Gasteiger charge is 2.33. The number of benzene rings is 2. The van der Waals surface area contributed by atoms with E-state index in [0.717, 1.165) is 31.2 Å². The number of amides is 1. The van der Waals surface area contributed by atoms with Crippen molar-refractivity contribution in [1.29, 1.82) is 0 Å². The van der Waals surface area contributed by atoms with Crippen molar-refractivity contribution in [2.24, 2.45) is 0 Å². The number of aryl methyl sites for hydroxylation is 1. The Bertz CT molecular complexity index is 1320. The van der Waals surface area contributed by atoms with E-state index in [1.807, 2.05) is 12.1 Å². The number of fused-ring (bicyclic) bond motifs is 1. The number of hydrogen-bond acceptors (Lipinski definition) is 8. The molecule has 0 radical (unpaired) electrons. The number of nitrogens with one attached hydrogen (secondary N) is 1. The van der Waals surface area contributed by atoms with Crippen molar-refractivity contribution in [2.45, 2.75) is 43.4 Å². The minimum Gasteiger partial charge on any atom is -0.454 e. The fraction of sp³-hybridized carbons (Fsp3) is 0.375. The van der Waals surface area contributed by atoms with Gasteiger partial charge < -0.3 is 14.8 Å². The summed E-state index contributed by atoms with van der Waals surface area (Å²) in [5, 5.41) is 12.0. The molecule has 0 bridgehead atoms. The Morgan fingerprint density at radius 2 is 1.94 bits per heavy atom. The van der Waals surface area contributed by atoms with Crippen molar-refractivity contribution in [1.82, 2.24) is 14.5 Å². The highest BCUT2D eigenvalue weighted by Crippen LogP contribution is 2.35. The summed E-state index contributed by atoms with van der Waals surface area (Å²) in [5.41, 5.74) is 1.69. The molecular formula is C24H26N4O5S2. The third-order valence-electron chi connectivity index (χ3n) is 6.10. The number of carbonyl (C=O) groups excluding carboxylic acids is 1. The van der Waals surface area contributed by atoms with Gasteiger partial charge in [0.15, 0.2) is 11.5 Å². The van der Waals surface area contributed by atoms with Gasteiger partial charge in [-0.2, -0.15) is 4.31 Å². The predicted molar refractivity (Wildman–Crippen MR) is 132 cm³/mol. The van der Waals surface area contributed by atoms with Gasteiger partial charge in [-0.1, -0.05) is 36.8 Å². The van der Waals surface area contributed by atoms with Gasteiger partial charge >= 0.3 is 0 Å². The van der Waals surface area contributed by atoms with Crippen LogP contribution < -0.4 is 14.8 Å². The van der Waals surface area contributed by atoms with Gasteiger partial charge in [-0.3, -0.25) is 4.79 Å². The molecule has 3 heterocycles. The zero-order valence-electron chi connectivity index (χ0n) is 19.3. The third kappa shape index (κ3) is 5.02. The van der Waals surface area contributed by atoms with Crippen molar-refractivity contribution in [3.05, 3.63) is 58.0 Å².